The molecular formula is C22H24FN3O2. The Labute approximate surface area is 163 Å². The largest absolute Gasteiger partial charge is 0.381 e. The van der Waals surface area contributed by atoms with E-state index in [1.165, 1.54) is 12.1 Å². The number of pyridine rings is 1. The van der Waals surface area contributed by atoms with Crippen molar-refractivity contribution in [2.75, 3.05) is 19.8 Å². The first-order valence-corrected chi connectivity index (χ1v) is 9.78. The first kappa shape index (κ1) is 18.6. The molecule has 2 aromatic heterocycles. The van der Waals surface area contributed by atoms with Gasteiger partial charge < -0.3 is 14.6 Å². The van der Waals surface area contributed by atoms with Gasteiger partial charge in [-0.1, -0.05) is 0 Å². The molecule has 1 fully saturated rings. The van der Waals surface area contributed by atoms with E-state index in [-0.39, 0.29) is 17.6 Å². The smallest absolute Gasteiger partial charge is 0.223 e. The van der Waals surface area contributed by atoms with Gasteiger partial charge in [0.2, 0.25) is 5.91 Å². The lowest BCUT2D eigenvalue weighted by Crippen LogP contribution is -2.35. The minimum absolute atomic E-state index is 0.0672. The molecule has 0 radical (unpaired) electrons. The lowest BCUT2D eigenvalue weighted by Gasteiger charge is -2.21. The Morgan fingerprint density at radius 3 is 2.79 bits per heavy atom. The van der Waals surface area contributed by atoms with Crippen molar-refractivity contribution in [1.82, 2.24) is 14.9 Å². The van der Waals surface area contributed by atoms with E-state index in [1.54, 1.807) is 18.3 Å². The maximum Gasteiger partial charge on any atom is 0.223 e. The fraction of sp³-hybridized carbons (Fsp3) is 0.364. The Hall–Kier alpha value is -2.73. The summed E-state index contributed by atoms with van der Waals surface area (Å²) in [6.45, 7) is 2.67. The highest BCUT2D eigenvalue weighted by atomic mass is 19.1. The maximum absolute atomic E-state index is 13.3. The van der Waals surface area contributed by atoms with Crippen LogP contribution in [0.25, 0.3) is 22.3 Å². The minimum atomic E-state index is -0.250. The average Bonchev–Trinajstić information content (AvgIpc) is 3.11. The van der Waals surface area contributed by atoms with Crippen molar-refractivity contribution in [3.8, 4) is 11.3 Å². The van der Waals surface area contributed by atoms with Crippen molar-refractivity contribution in [3.63, 3.8) is 0 Å². The number of carbonyl (C=O) groups is 1. The molecule has 1 N–H and O–H groups in total. The number of fused-ring (bicyclic) bond motifs is 1. The van der Waals surface area contributed by atoms with Crippen molar-refractivity contribution in [1.29, 1.82) is 0 Å². The second-order valence-electron chi connectivity index (χ2n) is 7.14. The number of benzene rings is 1. The molecule has 0 spiro atoms. The molecule has 3 heterocycles. The third-order valence-corrected chi connectivity index (χ3v) is 5.25. The summed E-state index contributed by atoms with van der Waals surface area (Å²) in [6.07, 6.45) is 4.17. The Balaban J connectivity index is 1.46. The van der Waals surface area contributed by atoms with Crippen LogP contribution in [0.15, 0.2) is 48.7 Å². The number of ether oxygens (including phenoxy) is 1. The second kappa shape index (κ2) is 8.52. The van der Waals surface area contributed by atoms with Crippen molar-refractivity contribution in [3.05, 3.63) is 54.5 Å². The number of hydrogen-bond donors (Lipinski definition) is 1. The summed E-state index contributed by atoms with van der Waals surface area (Å²) < 4.78 is 20.8. The predicted octanol–water partition coefficient (Wildman–Crippen LogP) is 3.78. The van der Waals surface area contributed by atoms with Crippen LogP contribution in [-0.4, -0.2) is 35.2 Å². The Bertz CT molecular complexity index is 946. The summed E-state index contributed by atoms with van der Waals surface area (Å²) in [5, 5.41) is 4.10. The lowest BCUT2D eigenvalue weighted by molar-refractivity contribution is -0.127. The highest BCUT2D eigenvalue weighted by Gasteiger charge is 2.21. The van der Waals surface area contributed by atoms with E-state index in [4.69, 9.17) is 4.74 Å². The quantitative estimate of drug-likeness (QED) is 0.661. The summed E-state index contributed by atoms with van der Waals surface area (Å²) in [6, 6.07) is 12.5. The molecular weight excluding hydrogens is 357 g/mol. The number of nitrogens with one attached hydrogen (secondary N) is 1. The Morgan fingerprint density at radius 2 is 2.00 bits per heavy atom. The Kier molecular flexibility index (Phi) is 5.67. The molecule has 0 saturated carbocycles. The summed E-state index contributed by atoms with van der Waals surface area (Å²) in [5.41, 5.74) is 2.85. The molecule has 1 amide bonds. The van der Waals surface area contributed by atoms with Crippen LogP contribution >= 0.6 is 0 Å². The van der Waals surface area contributed by atoms with E-state index in [9.17, 15) is 9.18 Å². The average molecular weight is 381 g/mol. The van der Waals surface area contributed by atoms with Gasteiger partial charge in [0.05, 0.1) is 5.69 Å². The van der Waals surface area contributed by atoms with Crippen molar-refractivity contribution in [2.24, 2.45) is 5.92 Å². The van der Waals surface area contributed by atoms with Crippen LogP contribution in [0.3, 0.4) is 0 Å². The third kappa shape index (κ3) is 4.07. The molecule has 0 bridgehead atoms. The monoisotopic (exact) mass is 381 g/mol. The molecule has 0 aliphatic carbocycles. The zero-order valence-electron chi connectivity index (χ0n) is 15.7. The van der Waals surface area contributed by atoms with Crippen LogP contribution in [0.5, 0.6) is 0 Å². The van der Waals surface area contributed by atoms with Gasteiger partial charge in [-0.3, -0.25) is 4.79 Å². The van der Waals surface area contributed by atoms with Gasteiger partial charge in [0.1, 0.15) is 11.5 Å². The molecule has 146 valence electrons. The molecule has 4 rings (SSSR count). The van der Waals surface area contributed by atoms with Crippen LogP contribution in [0.2, 0.25) is 0 Å². The van der Waals surface area contributed by atoms with Gasteiger partial charge in [0.15, 0.2) is 0 Å². The van der Waals surface area contributed by atoms with Gasteiger partial charge in [0.25, 0.3) is 0 Å². The van der Waals surface area contributed by atoms with Gasteiger partial charge in [-0.15, -0.1) is 0 Å². The predicted molar refractivity (Wildman–Crippen MR) is 106 cm³/mol. The topological polar surface area (TPSA) is 56.2 Å². The molecule has 6 heteroatoms. The highest BCUT2D eigenvalue weighted by Crippen LogP contribution is 2.27. The molecule has 1 aromatic carbocycles. The maximum atomic E-state index is 13.3. The first-order chi connectivity index (χ1) is 13.7. The van der Waals surface area contributed by atoms with Crippen LogP contribution < -0.4 is 5.32 Å². The van der Waals surface area contributed by atoms with E-state index in [0.717, 1.165) is 48.1 Å². The van der Waals surface area contributed by atoms with Crippen LogP contribution in [0.1, 0.15) is 19.3 Å². The normalized spacial score (nSPS) is 15.0. The van der Waals surface area contributed by atoms with Gasteiger partial charge >= 0.3 is 0 Å². The number of rotatable bonds is 6. The van der Waals surface area contributed by atoms with Gasteiger partial charge in [0, 0.05) is 43.8 Å². The van der Waals surface area contributed by atoms with E-state index >= 15 is 0 Å². The van der Waals surface area contributed by atoms with Crippen molar-refractivity contribution >= 4 is 16.9 Å². The minimum Gasteiger partial charge on any atom is -0.381 e. The van der Waals surface area contributed by atoms with Gasteiger partial charge in [-0.25, -0.2) is 9.37 Å². The number of hydrogen-bond acceptors (Lipinski definition) is 3. The molecule has 5 nitrogen and oxygen atoms in total. The van der Waals surface area contributed by atoms with Gasteiger partial charge in [-0.05, 0) is 67.3 Å². The highest BCUT2D eigenvalue weighted by molar-refractivity contribution is 5.84. The zero-order valence-corrected chi connectivity index (χ0v) is 15.7. The summed E-state index contributed by atoms with van der Waals surface area (Å²) >= 11 is 0. The van der Waals surface area contributed by atoms with Crippen molar-refractivity contribution in [2.45, 2.75) is 25.8 Å². The molecule has 3 aromatic rings. The summed E-state index contributed by atoms with van der Waals surface area (Å²) in [4.78, 5) is 16.8. The van der Waals surface area contributed by atoms with E-state index < -0.39 is 0 Å². The van der Waals surface area contributed by atoms with E-state index in [0.29, 0.717) is 19.8 Å². The number of halogens is 1. The summed E-state index contributed by atoms with van der Waals surface area (Å²) in [7, 11) is 0. The van der Waals surface area contributed by atoms with Crippen LogP contribution in [0, 0.1) is 11.7 Å². The number of carbonyl (C=O) groups excluding carboxylic acids is 1. The van der Waals surface area contributed by atoms with Crippen molar-refractivity contribution < 1.29 is 13.9 Å². The molecule has 28 heavy (non-hydrogen) atoms. The number of amides is 1. The van der Waals surface area contributed by atoms with E-state index in [1.807, 2.05) is 12.1 Å². The fourth-order valence-electron chi connectivity index (χ4n) is 3.73. The number of aryl methyl sites for hydroxylation is 1. The third-order valence-electron chi connectivity index (χ3n) is 5.25. The Morgan fingerprint density at radius 1 is 1.21 bits per heavy atom. The first-order valence-electron chi connectivity index (χ1n) is 9.78. The molecule has 1 aliphatic rings. The summed E-state index contributed by atoms with van der Waals surface area (Å²) in [5.74, 6) is -0.0597. The number of aromatic nitrogens is 2. The molecule has 0 unspecified atom stereocenters. The molecule has 1 saturated heterocycles. The standard InChI is InChI=1S/C22H24FN3O2/c23-19-6-4-16(5-7-19)20-15-18-3-1-10-24-21(18)26(20)12-2-11-25-22(27)17-8-13-28-14-9-17/h1,3-7,10,15,17H,2,8-9,11-14H2,(H,25,27). The fourth-order valence-corrected chi connectivity index (χ4v) is 3.73. The van der Waals surface area contributed by atoms with Crippen LogP contribution in [0.4, 0.5) is 4.39 Å². The number of nitrogens with zero attached hydrogens (tertiary/aromatic N) is 2. The van der Waals surface area contributed by atoms with Crippen LogP contribution in [-0.2, 0) is 16.1 Å². The SMILES string of the molecule is O=C(NCCCn1c(-c2ccc(F)cc2)cc2cccnc21)C1CCOCC1. The zero-order chi connectivity index (χ0) is 19.3. The van der Waals surface area contributed by atoms with Gasteiger partial charge in [-0.2, -0.15) is 0 Å². The lowest BCUT2D eigenvalue weighted by atomic mass is 9.99. The van der Waals surface area contributed by atoms with E-state index in [2.05, 4.69) is 20.9 Å². The molecule has 1 aliphatic heterocycles. The second-order valence-corrected chi connectivity index (χ2v) is 7.14. The molecule has 0 atom stereocenters.